The summed E-state index contributed by atoms with van der Waals surface area (Å²) in [4.78, 5) is 12.4. The van der Waals surface area contributed by atoms with E-state index in [4.69, 9.17) is 11.0 Å². The third kappa shape index (κ3) is 3.84. The van der Waals surface area contributed by atoms with Gasteiger partial charge in [-0.2, -0.15) is 5.26 Å². The minimum absolute atomic E-state index is 0.415. The van der Waals surface area contributed by atoms with Gasteiger partial charge < -0.3 is 10.3 Å². The van der Waals surface area contributed by atoms with E-state index in [0.717, 1.165) is 41.8 Å². The molecule has 0 atom stereocenters. The molecule has 3 aromatic rings. The fraction of sp³-hybridized carbons (Fsp3) is 0.250. The average Bonchev–Trinajstić information content (AvgIpc) is 2.99. The number of aromatic nitrogens is 1. The van der Waals surface area contributed by atoms with Gasteiger partial charge in [-0.1, -0.05) is 55.8 Å². The Kier molecular flexibility index (Phi) is 5.96. The van der Waals surface area contributed by atoms with E-state index >= 15 is 0 Å². The predicted molar refractivity (Wildman–Crippen MR) is 112 cm³/mol. The molecule has 0 spiro atoms. The highest BCUT2D eigenvalue weighted by Crippen LogP contribution is 2.34. The van der Waals surface area contributed by atoms with E-state index in [2.05, 4.69) is 29.7 Å². The summed E-state index contributed by atoms with van der Waals surface area (Å²) in [5.74, 6) is -0.415. The molecule has 0 fully saturated rings. The van der Waals surface area contributed by atoms with Crippen molar-refractivity contribution in [2.24, 2.45) is 5.73 Å². The molecule has 0 saturated carbocycles. The number of benzene rings is 2. The summed E-state index contributed by atoms with van der Waals surface area (Å²) in [5.41, 5.74) is 12.0. The maximum absolute atomic E-state index is 12.4. The van der Waals surface area contributed by atoms with E-state index in [1.54, 1.807) is 12.1 Å². The van der Waals surface area contributed by atoms with Crippen molar-refractivity contribution in [1.82, 2.24) is 4.57 Å². The standard InChI is InChI=1S/C24H25N3O/c1-3-4-10-21-23(20-13-11-18(15-25)12-14-20)22(24(26)28)17(2)27(21)16-19-8-6-5-7-9-19/h5-9,11-14H,3-4,10,16H2,1-2H3,(H2,26,28). The van der Waals surface area contributed by atoms with Crippen molar-refractivity contribution in [1.29, 1.82) is 5.26 Å². The molecule has 0 radical (unpaired) electrons. The van der Waals surface area contributed by atoms with E-state index in [9.17, 15) is 4.79 Å². The Morgan fingerprint density at radius 2 is 1.79 bits per heavy atom. The third-order valence-electron chi connectivity index (χ3n) is 5.13. The van der Waals surface area contributed by atoms with Crippen LogP contribution in [-0.4, -0.2) is 10.5 Å². The summed E-state index contributed by atoms with van der Waals surface area (Å²) in [6.07, 6.45) is 2.96. The van der Waals surface area contributed by atoms with Crippen molar-refractivity contribution in [2.75, 3.05) is 0 Å². The van der Waals surface area contributed by atoms with Crippen molar-refractivity contribution in [3.05, 3.63) is 82.7 Å². The second-order valence-electron chi connectivity index (χ2n) is 7.01. The molecule has 0 aliphatic rings. The predicted octanol–water partition coefficient (Wildman–Crippen LogP) is 4.83. The van der Waals surface area contributed by atoms with Gasteiger partial charge in [0.25, 0.3) is 5.91 Å². The molecule has 0 unspecified atom stereocenters. The Morgan fingerprint density at radius 3 is 2.36 bits per heavy atom. The summed E-state index contributed by atoms with van der Waals surface area (Å²) < 4.78 is 2.22. The molecule has 2 aromatic carbocycles. The van der Waals surface area contributed by atoms with Crippen LogP contribution in [0.2, 0.25) is 0 Å². The number of amides is 1. The molecule has 4 nitrogen and oxygen atoms in total. The van der Waals surface area contributed by atoms with Gasteiger partial charge in [-0.15, -0.1) is 0 Å². The van der Waals surface area contributed by atoms with Crippen LogP contribution in [0.3, 0.4) is 0 Å². The van der Waals surface area contributed by atoms with Gasteiger partial charge in [0.05, 0.1) is 17.2 Å². The number of nitrogens with zero attached hydrogens (tertiary/aromatic N) is 2. The number of carbonyl (C=O) groups excluding carboxylic acids is 1. The number of rotatable bonds is 7. The van der Waals surface area contributed by atoms with Crippen molar-refractivity contribution in [3.63, 3.8) is 0 Å². The Morgan fingerprint density at radius 1 is 1.11 bits per heavy atom. The number of nitriles is 1. The smallest absolute Gasteiger partial charge is 0.251 e. The van der Waals surface area contributed by atoms with E-state index < -0.39 is 5.91 Å². The summed E-state index contributed by atoms with van der Waals surface area (Å²) in [6.45, 7) is 4.82. The Hall–Kier alpha value is -3.32. The number of hydrogen-bond donors (Lipinski definition) is 1. The minimum atomic E-state index is -0.415. The summed E-state index contributed by atoms with van der Waals surface area (Å²) >= 11 is 0. The SMILES string of the molecule is CCCCc1c(-c2ccc(C#N)cc2)c(C(N)=O)c(C)n1Cc1ccccc1. The molecule has 0 saturated heterocycles. The summed E-state index contributed by atoms with van der Waals surface area (Å²) in [7, 11) is 0. The van der Waals surface area contributed by atoms with Crippen molar-refractivity contribution in [3.8, 4) is 17.2 Å². The molecule has 0 aliphatic carbocycles. The Balaban J connectivity index is 2.21. The Bertz CT molecular complexity index is 1010. The zero-order valence-electron chi connectivity index (χ0n) is 16.4. The highest BCUT2D eigenvalue weighted by molar-refractivity contribution is 6.02. The largest absolute Gasteiger partial charge is 0.366 e. The fourth-order valence-corrected chi connectivity index (χ4v) is 3.71. The van der Waals surface area contributed by atoms with E-state index in [1.165, 1.54) is 5.56 Å². The van der Waals surface area contributed by atoms with Crippen molar-refractivity contribution in [2.45, 2.75) is 39.7 Å². The van der Waals surface area contributed by atoms with Crippen LogP contribution in [0.15, 0.2) is 54.6 Å². The monoisotopic (exact) mass is 371 g/mol. The van der Waals surface area contributed by atoms with Gasteiger partial charge in [-0.25, -0.2) is 0 Å². The van der Waals surface area contributed by atoms with Crippen LogP contribution in [-0.2, 0) is 13.0 Å². The lowest BCUT2D eigenvalue weighted by Crippen LogP contribution is -2.13. The topological polar surface area (TPSA) is 71.8 Å². The highest BCUT2D eigenvalue weighted by Gasteiger charge is 2.24. The zero-order chi connectivity index (χ0) is 20.1. The molecule has 142 valence electrons. The second-order valence-corrected chi connectivity index (χ2v) is 7.01. The van der Waals surface area contributed by atoms with Gasteiger partial charge in [0.1, 0.15) is 0 Å². The first-order chi connectivity index (χ1) is 13.6. The Labute approximate surface area is 166 Å². The molecule has 1 amide bonds. The van der Waals surface area contributed by atoms with Crippen LogP contribution in [0.4, 0.5) is 0 Å². The molecule has 0 aliphatic heterocycles. The van der Waals surface area contributed by atoms with Gasteiger partial charge in [-0.3, -0.25) is 4.79 Å². The highest BCUT2D eigenvalue weighted by atomic mass is 16.1. The number of hydrogen-bond acceptors (Lipinski definition) is 2. The molecule has 3 rings (SSSR count). The van der Waals surface area contributed by atoms with E-state index in [0.29, 0.717) is 17.7 Å². The van der Waals surface area contributed by atoms with Crippen LogP contribution >= 0.6 is 0 Å². The number of nitrogens with two attached hydrogens (primary N) is 1. The maximum atomic E-state index is 12.4. The molecule has 4 heteroatoms. The molecule has 1 heterocycles. The molecule has 28 heavy (non-hydrogen) atoms. The molecular formula is C24H25N3O. The zero-order valence-corrected chi connectivity index (χ0v) is 16.4. The molecule has 1 aromatic heterocycles. The first-order valence-electron chi connectivity index (χ1n) is 9.63. The lowest BCUT2D eigenvalue weighted by atomic mass is 9.97. The van der Waals surface area contributed by atoms with Gasteiger partial charge in [0.15, 0.2) is 0 Å². The van der Waals surface area contributed by atoms with Gasteiger partial charge in [0, 0.05) is 23.5 Å². The van der Waals surface area contributed by atoms with Crippen molar-refractivity contribution < 1.29 is 4.79 Å². The second kappa shape index (κ2) is 8.58. The number of primary amides is 1. The van der Waals surface area contributed by atoms with E-state index in [1.807, 2.05) is 37.3 Å². The van der Waals surface area contributed by atoms with Gasteiger partial charge >= 0.3 is 0 Å². The fourth-order valence-electron chi connectivity index (χ4n) is 3.71. The number of carbonyl (C=O) groups is 1. The normalized spacial score (nSPS) is 10.6. The summed E-state index contributed by atoms with van der Waals surface area (Å²) in [6, 6.07) is 19.8. The third-order valence-corrected chi connectivity index (χ3v) is 5.13. The van der Waals surface area contributed by atoms with Crippen molar-refractivity contribution >= 4 is 5.91 Å². The summed E-state index contributed by atoms with van der Waals surface area (Å²) in [5, 5.41) is 9.10. The maximum Gasteiger partial charge on any atom is 0.251 e. The van der Waals surface area contributed by atoms with Gasteiger partial charge in [0.2, 0.25) is 0 Å². The number of unbranched alkanes of at least 4 members (excludes halogenated alkanes) is 1. The van der Waals surface area contributed by atoms with Crippen LogP contribution in [0, 0.1) is 18.3 Å². The van der Waals surface area contributed by atoms with E-state index in [-0.39, 0.29) is 0 Å². The average molecular weight is 371 g/mol. The molecule has 2 N–H and O–H groups in total. The first-order valence-corrected chi connectivity index (χ1v) is 9.63. The van der Waals surface area contributed by atoms with Crippen LogP contribution < -0.4 is 5.73 Å². The minimum Gasteiger partial charge on any atom is -0.366 e. The quantitative estimate of drug-likeness (QED) is 0.646. The molecular weight excluding hydrogens is 346 g/mol. The van der Waals surface area contributed by atoms with Crippen LogP contribution in [0.1, 0.15) is 52.6 Å². The van der Waals surface area contributed by atoms with Gasteiger partial charge in [-0.05, 0) is 43.0 Å². The van der Waals surface area contributed by atoms with Crippen LogP contribution in [0.5, 0.6) is 0 Å². The van der Waals surface area contributed by atoms with Crippen LogP contribution in [0.25, 0.3) is 11.1 Å². The first kappa shape index (κ1) is 19.4. The lowest BCUT2D eigenvalue weighted by Gasteiger charge is -2.13. The lowest BCUT2D eigenvalue weighted by molar-refractivity contribution is 0.1000. The molecule has 0 bridgehead atoms.